The van der Waals surface area contributed by atoms with Gasteiger partial charge >= 0.3 is 0 Å². The molecular weight excluding hydrogens is 442 g/mol. The number of fused-ring (bicyclic) bond motifs is 2. The largest absolute Gasteiger partial charge is 0.497 e. The van der Waals surface area contributed by atoms with Gasteiger partial charge in [-0.25, -0.2) is 0 Å². The number of aromatic nitrogens is 1. The molecule has 0 saturated carbocycles. The molecule has 0 N–H and O–H groups in total. The number of nitrogens with zero attached hydrogens (tertiary/aromatic N) is 1. The SMILES string of the molecule is CCn1cc(/C=C2/Oc3c(ccc(OCc4ccccc4OC)c3C)C2=O)c2cc(OC)ccc21. The quantitative estimate of drug-likeness (QED) is 0.303. The van der Waals surface area contributed by atoms with Crippen LogP contribution in [-0.4, -0.2) is 24.6 Å². The Kier molecular flexibility index (Phi) is 5.95. The monoisotopic (exact) mass is 469 g/mol. The maximum atomic E-state index is 13.2. The van der Waals surface area contributed by atoms with E-state index in [4.69, 9.17) is 18.9 Å². The number of ketones is 1. The number of ether oxygens (including phenoxy) is 4. The Balaban J connectivity index is 1.45. The standard InChI is InChI=1S/C29H27NO5/c1-5-30-16-20(23-15-21(32-3)10-12-24(23)30)14-27-28(31)22-11-13-25(18(2)29(22)35-27)34-17-19-8-6-7-9-26(19)33-4/h6-16H,5,17H2,1-4H3/b27-14+. The highest BCUT2D eigenvalue weighted by Crippen LogP contribution is 2.40. The summed E-state index contributed by atoms with van der Waals surface area (Å²) < 4.78 is 25.1. The fraction of sp³-hybridized carbons (Fsp3) is 0.207. The molecule has 0 amide bonds. The highest BCUT2D eigenvalue weighted by molar-refractivity contribution is 6.15. The van der Waals surface area contributed by atoms with Crippen molar-refractivity contribution in [3.8, 4) is 23.0 Å². The van der Waals surface area contributed by atoms with E-state index in [0.717, 1.165) is 45.6 Å². The normalized spacial score (nSPS) is 13.7. The van der Waals surface area contributed by atoms with Crippen LogP contribution >= 0.6 is 0 Å². The molecule has 6 heteroatoms. The second-order valence-electron chi connectivity index (χ2n) is 8.36. The summed E-state index contributed by atoms with van der Waals surface area (Å²) in [5.41, 5.74) is 4.24. The van der Waals surface area contributed by atoms with Gasteiger partial charge in [0, 0.05) is 40.3 Å². The minimum Gasteiger partial charge on any atom is -0.497 e. The molecule has 1 aromatic heterocycles. The Labute approximate surface area is 204 Å². The molecule has 1 aliphatic heterocycles. The maximum Gasteiger partial charge on any atom is 0.231 e. The maximum absolute atomic E-state index is 13.2. The molecule has 0 fully saturated rings. The van der Waals surface area contributed by atoms with Crippen LogP contribution in [0.1, 0.15) is 34.0 Å². The van der Waals surface area contributed by atoms with E-state index in [9.17, 15) is 4.79 Å². The molecule has 0 aliphatic carbocycles. The fourth-order valence-electron chi connectivity index (χ4n) is 4.45. The molecule has 6 nitrogen and oxygen atoms in total. The second-order valence-corrected chi connectivity index (χ2v) is 8.36. The zero-order chi connectivity index (χ0) is 24.5. The number of hydrogen-bond acceptors (Lipinski definition) is 5. The smallest absolute Gasteiger partial charge is 0.231 e. The topological polar surface area (TPSA) is 58.9 Å². The van der Waals surface area contributed by atoms with Crippen molar-refractivity contribution >= 4 is 22.8 Å². The first kappa shape index (κ1) is 22.6. The van der Waals surface area contributed by atoms with Crippen molar-refractivity contribution < 1.29 is 23.7 Å². The van der Waals surface area contributed by atoms with Crippen LogP contribution in [-0.2, 0) is 13.2 Å². The van der Waals surface area contributed by atoms with E-state index in [2.05, 4.69) is 11.5 Å². The lowest BCUT2D eigenvalue weighted by atomic mass is 10.1. The van der Waals surface area contributed by atoms with Gasteiger partial charge in [0.15, 0.2) is 5.76 Å². The number of aryl methyl sites for hydroxylation is 1. The summed E-state index contributed by atoms with van der Waals surface area (Å²) in [6.45, 7) is 5.15. The van der Waals surface area contributed by atoms with Gasteiger partial charge in [-0.3, -0.25) is 4.79 Å². The average Bonchev–Trinajstić information content (AvgIpc) is 3.41. The Morgan fingerprint density at radius 2 is 1.83 bits per heavy atom. The van der Waals surface area contributed by atoms with Gasteiger partial charge in [-0.05, 0) is 56.3 Å². The van der Waals surface area contributed by atoms with Gasteiger partial charge in [0.25, 0.3) is 0 Å². The van der Waals surface area contributed by atoms with E-state index in [1.807, 2.05) is 67.7 Å². The van der Waals surface area contributed by atoms with E-state index in [0.29, 0.717) is 29.4 Å². The summed E-state index contributed by atoms with van der Waals surface area (Å²) in [5, 5.41) is 1.00. The van der Waals surface area contributed by atoms with Crippen molar-refractivity contribution in [1.29, 1.82) is 0 Å². The third-order valence-electron chi connectivity index (χ3n) is 6.36. The number of hydrogen-bond donors (Lipinski definition) is 0. The summed E-state index contributed by atoms with van der Waals surface area (Å²) in [4.78, 5) is 13.2. The number of para-hydroxylation sites is 1. The van der Waals surface area contributed by atoms with Crippen LogP contribution in [0.2, 0.25) is 0 Å². The molecule has 178 valence electrons. The van der Waals surface area contributed by atoms with E-state index >= 15 is 0 Å². The number of Topliss-reactive ketones (excluding diaryl/α,β-unsaturated/α-hetero) is 1. The predicted molar refractivity (Wildman–Crippen MR) is 136 cm³/mol. The van der Waals surface area contributed by atoms with Crippen molar-refractivity contribution in [1.82, 2.24) is 4.57 Å². The van der Waals surface area contributed by atoms with Gasteiger partial charge in [-0.15, -0.1) is 0 Å². The third kappa shape index (κ3) is 4.01. The van der Waals surface area contributed by atoms with Crippen molar-refractivity contribution in [2.24, 2.45) is 0 Å². The van der Waals surface area contributed by atoms with Gasteiger partial charge in [-0.2, -0.15) is 0 Å². The van der Waals surface area contributed by atoms with Crippen LogP contribution in [0.25, 0.3) is 17.0 Å². The molecule has 0 unspecified atom stereocenters. The first-order valence-corrected chi connectivity index (χ1v) is 11.5. The molecule has 0 radical (unpaired) electrons. The number of rotatable bonds is 7. The Hall–Kier alpha value is -4.19. The van der Waals surface area contributed by atoms with E-state index in [1.165, 1.54) is 0 Å². The minimum absolute atomic E-state index is 0.139. The number of carbonyl (C=O) groups is 1. The van der Waals surface area contributed by atoms with Crippen LogP contribution in [0.3, 0.4) is 0 Å². The minimum atomic E-state index is -0.139. The van der Waals surface area contributed by atoms with Crippen LogP contribution in [0.4, 0.5) is 0 Å². The zero-order valence-corrected chi connectivity index (χ0v) is 20.3. The van der Waals surface area contributed by atoms with Crippen LogP contribution in [0.15, 0.2) is 66.6 Å². The highest BCUT2D eigenvalue weighted by Gasteiger charge is 2.30. The first-order chi connectivity index (χ1) is 17.0. The lowest BCUT2D eigenvalue weighted by Gasteiger charge is -2.13. The summed E-state index contributed by atoms with van der Waals surface area (Å²) in [6, 6.07) is 17.3. The summed E-state index contributed by atoms with van der Waals surface area (Å²) in [6.07, 6.45) is 3.84. The Morgan fingerprint density at radius 3 is 2.60 bits per heavy atom. The average molecular weight is 470 g/mol. The molecule has 0 bridgehead atoms. The molecule has 3 aromatic carbocycles. The number of allylic oxidation sites excluding steroid dienone is 1. The van der Waals surface area contributed by atoms with Gasteiger partial charge < -0.3 is 23.5 Å². The van der Waals surface area contributed by atoms with Crippen LogP contribution in [0, 0.1) is 6.92 Å². The fourth-order valence-corrected chi connectivity index (χ4v) is 4.45. The van der Waals surface area contributed by atoms with Gasteiger partial charge in [0.1, 0.15) is 29.6 Å². The van der Waals surface area contributed by atoms with Gasteiger partial charge in [0.05, 0.1) is 19.8 Å². The van der Waals surface area contributed by atoms with Crippen LogP contribution < -0.4 is 18.9 Å². The molecule has 0 atom stereocenters. The molecule has 4 aromatic rings. The van der Waals surface area contributed by atoms with Crippen molar-refractivity contribution in [3.63, 3.8) is 0 Å². The van der Waals surface area contributed by atoms with E-state index in [1.54, 1.807) is 20.3 Å². The molecule has 0 saturated heterocycles. The number of methoxy groups -OCH3 is 2. The van der Waals surface area contributed by atoms with Gasteiger partial charge in [0.2, 0.25) is 5.78 Å². The lowest BCUT2D eigenvalue weighted by molar-refractivity contribution is 0.101. The molecule has 0 spiro atoms. The lowest BCUT2D eigenvalue weighted by Crippen LogP contribution is -2.00. The Morgan fingerprint density at radius 1 is 1.00 bits per heavy atom. The highest BCUT2D eigenvalue weighted by atomic mass is 16.5. The summed E-state index contributed by atoms with van der Waals surface area (Å²) >= 11 is 0. The molecule has 35 heavy (non-hydrogen) atoms. The predicted octanol–water partition coefficient (Wildman–Crippen LogP) is 6.18. The molecule has 1 aliphatic rings. The third-order valence-corrected chi connectivity index (χ3v) is 6.36. The number of carbonyl (C=O) groups excluding carboxylic acids is 1. The zero-order valence-electron chi connectivity index (χ0n) is 20.3. The Bertz CT molecular complexity index is 1460. The summed E-state index contributed by atoms with van der Waals surface area (Å²) in [5.74, 6) is 2.89. The molecular formula is C29H27NO5. The summed E-state index contributed by atoms with van der Waals surface area (Å²) in [7, 11) is 3.29. The van der Waals surface area contributed by atoms with Crippen LogP contribution in [0.5, 0.6) is 23.0 Å². The second kappa shape index (κ2) is 9.22. The van der Waals surface area contributed by atoms with E-state index in [-0.39, 0.29) is 5.78 Å². The van der Waals surface area contributed by atoms with Crippen molar-refractivity contribution in [2.75, 3.05) is 14.2 Å². The van der Waals surface area contributed by atoms with E-state index < -0.39 is 0 Å². The number of benzene rings is 3. The molecule has 2 heterocycles. The van der Waals surface area contributed by atoms with Gasteiger partial charge in [-0.1, -0.05) is 18.2 Å². The molecule has 5 rings (SSSR count). The van der Waals surface area contributed by atoms with Crippen molar-refractivity contribution in [3.05, 3.63) is 88.8 Å². The van der Waals surface area contributed by atoms with Crippen molar-refractivity contribution in [2.45, 2.75) is 27.0 Å². The first-order valence-electron chi connectivity index (χ1n) is 11.5.